The molecule has 1 aliphatic rings. The van der Waals surface area contributed by atoms with Crippen molar-refractivity contribution in [3.63, 3.8) is 0 Å². The summed E-state index contributed by atoms with van der Waals surface area (Å²) in [6, 6.07) is 7.64. The Hall–Kier alpha value is -1.46. The Labute approximate surface area is 164 Å². The number of hydrogen-bond donors (Lipinski definition) is 0. The summed E-state index contributed by atoms with van der Waals surface area (Å²) in [5.74, 6) is 0.421. The Morgan fingerprint density at radius 1 is 1.23 bits per heavy atom. The van der Waals surface area contributed by atoms with Crippen LogP contribution >= 0.6 is 23.4 Å². The van der Waals surface area contributed by atoms with Gasteiger partial charge < -0.3 is 4.74 Å². The molecule has 0 atom stereocenters. The number of halogens is 1. The number of hydrogen-bond acceptors (Lipinski definition) is 4. The van der Waals surface area contributed by atoms with Gasteiger partial charge in [-0.3, -0.25) is 4.79 Å². The van der Waals surface area contributed by atoms with E-state index in [1.165, 1.54) is 0 Å². The molecular weight excluding hydrogens is 368 g/mol. The molecule has 0 aliphatic heterocycles. The van der Waals surface area contributed by atoms with Crippen molar-refractivity contribution in [2.24, 2.45) is 5.92 Å². The number of ether oxygens (including phenoxy) is 1. The van der Waals surface area contributed by atoms with Gasteiger partial charge in [0.1, 0.15) is 0 Å². The standard InChI is InChI=1S/C20H25ClN2O2S/c1-13-17(26-16-11-9-15(21)10-12-16)18(23(22-13)20(2,3)4)25-19(24)14-7-5-6-8-14/h9-12,14H,5-8H2,1-4H3. The van der Waals surface area contributed by atoms with Gasteiger partial charge in [-0.25, -0.2) is 4.68 Å². The summed E-state index contributed by atoms with van der Waals surface area (Å²) in [5, 5.41) is 5.37. The van der Waals surface area contributed by atoms with E-state index in [0.717, 1.165) is 41.2 Å². The number of rotatable bonds is 4. The molecule has 1 aliphatic carbocycles. The van der Waals surface area contributed by atoms with E-state index in [9.17, 15) is 4.79 Å². The molecule has 140 valence electrons. The van der Waals surface area contributed by atoms with Gasteiger partial charge >= 0.3 is 5.97 Å². The van der Waals surface area contributed by atoms with Gasteiger partial charge in [0, 0.05) is 9.92 Å². The molecule has 26 heavy (non-hydrogen) atoms. The van der Waals surface area contributed by atoms with Crippen LogP contribution in [0.1, 0.15) is 52.1 Å². The smallest absolute Gasteiger partial charge is 0.315 e. The van der Waals surface area contributed by atoms with Crippen molar-refractivity contribution in [2.75, 3.05) is 0 Å². The second-order valence-electron chi connectivity index (χ2n) is 7.76. The molecule has 1 aromatic heterocycles. The molecule has 1 heterocycles. The number of carbonyl (C=O) groups excluding carboxylic acids is 1. The van der Waals surface area contributed by atoms with Crippen LogP contribution in [0.5, 0.6) is 5.88 Å². The maximum Gasteiger partial charge on any atom is 0.315 e. The maximum atomic E-state index is 12.7. The molecule has 4 nitrogen and oxygen atoms in total. The number of aryl methyl sites for hydroxylation is 1. The van der Waals surface area contributed by atoms with E-state index in [1.807, 2.05) is 35.9 Å². The first kappa shape index (κ1) is 19.3. The lowest BCUT2D eigenvalue weighted by atomic mass is 10.1. The highest BCUT2D eigenvalue weighted by atomic mass is 35.5. The average molecular weight is 393 g/mol. The Bertz CT molecular complexity index is 787. The Morgan fingerprint density at radius 3 is 2.42 bits per heavy atom. The van der Waals surface area contributed by atoms with E-state index in [1.54, 1.807) is 11.8 Å². The monoisotopic (exact) mass is 392 g/mol. The fourth-order valence-corrected chi connectivity index (χ4v) is 4.15. The quantitative estimate of drug-likeness (QED) is 0.612. The minimum atomic E-state index is -0.283. The summed E-state index contributed by atoms with van der Waals surface area (Å²) in [6.07, 6.45) is 4.04. The van der Waals surface area contributed by atoms with Crippen molar-refractivity contribution >= 4 is 29.3 Å². The largest absolute Gasteiger partial charge is 0.406 e. The number of esters is 1. The van der Waals surface area contributed by atoms with E-state index >= 15 is 0 Å². The third-order valence-electron chi connectivity index (χ3n) is 4.52. The van der Waals surface area contributed by atoms with Gasteiger partial charge in [0.2, 0.25) is 5.88 Å². The first-order valence-electron chi connectivity index (χ1n) is 9.01. The third kappa shape index (κ3) is 4.26. The first-order valence-corrected chi connectivity index (χ1v) is 10.2. The van der Waals surface area contributed by atoms with Gasteiger partial charge in [-0.1, -0.05) is 36.2 Å². The Kier molecular flexibility index (Phi) is 5.68. The lowest BCUT2D eigenvalue weighted by Gasteiger charge is -2.22. The van der Waals surface area contributed by atoms with Crippen molar-refractivity contribution in [3.05, 3.63) is 35.0 Å². The summed E-state index contributed by atoms with van der Waals surface area (Å²) in [6.45, 7) is 8.13. The molecule has 1 aromatic carbocycles. The molecule has 1 saturated carbocycles. The van der Waals surface area contributed by atoms with Gasteiger partial charge in [-0.15, -0.1) is 0 Å². The van der Waals surface area contributed by atoms with E-state index in [4.69, 9.17) is 16.3 Å². The molecule has 1 fully saturated rings. The average Bonchev–Trinajstić information content (AvgIpc) is 3.20. The fourth-order valence-electron chi connectivity index (χ4n) is 3.11. The van der Waals surface area contributed by atoms with Crippen LogP contribution in [0.4, 0.5) is 0 Å². The van der Waals surface area contributed by atoms with Crippen LogP contribution in [0.2, 0.25) is 5.02 Å². The van der Waals surface area contributed by atoms with E-state index in [2.05, 4.69) is 25.9 Å². The Morgan fingerprint density at radius 2 is 1.85 bits per heavy atom. The summed E-state index contributed by atoms with van der Waals surface area (Å²) >= 11 is 7.54. The number of carbonyl (C=O) groups is 1. The number of aromatic nitrogens is 2. The van der Waals surface area contributed by atoms with Crippen molar-refractivity contribution in [3.8, 4) is 5.88 Å². The van der Waals surface area contributed by atoms with Crippen LogP contribution in [-0.4, -0.2) is 15.7 Å². The van der Waals surface area contributed by atoms with Crippen LogP contribution in [0.25, 0.3) is 0 Å². The normalized spacial score (nSPS) is 15.4. The molecule has 0 unspecified atom stereocenters. The zero-order chi connectivity index (χ0) is 18.9. The number of benzene rings is 1. The predicted octanol–water partition coefficient (Wildman–Crippen LogP) is 5.85. The zero-order valence-corrected chi connectivity index (χ0v) is 17.3. The van der Waals surface area contributed by atoms with Crippen LogP contribution < -0.4 is 4.74 Å². The molecule has 0 bridgehead atoms. The minimum absolute atomic E-state index is 0.00649. The molecule has 6 heteroatoms. The third-order valence-corrected chi connectivity index (χ3v) is 5.95. The molecule has 0 radical (unpaired) electrons. The van der Waals surface area contributed by atoms with Crippen molar-refractivity contribution in [1.29, 1.82) is 0 Å². The van der Waals surface area contributed by atoms with Crippen LogP contribution in [-0.2, 0) is 10.3 Å². The van der Waals surface area contributed by atoms with Gasteiger partial charge in [0.05, 0.1) is 22.0 Å². The molecule has 2 aromatic rings. The lowest BCUT2D eigenvalue weighted by molar-refractivity contribution is -0.139. The van der Waals surface area contributed by atoms with E-state index < -0.39 is 0 Å². The van der Waals surface area contributed by atoms with Crippen molar-refractivity contribution in [1.82, 2.24) is 9.78 Å². The Balaban J connectivity index is 1.95. The molecule has 0 N–H and O–H groups in total. The van der Waals surface area contributed by atoms with Gasteiger partial charge in [0.25, 0.3) is 0 Å². The first-order chi connectivity index (χ1) is 12.3. The van der Waals surface area contributed by atoms with Gasteiger partial charge in [0.15, 0.2) is 0 Å². The van der Waals surface area contributed by atoms with Crippen LogP contribution in [0.3, 0.4) is 0 Å². The second kappa shape index (κ2) is 7.65. The summed E-state index contributed by atoms with van der Waals surface area (Å²) in [4.78, 5) is 14.6. The molecule has 0 amide bonds. The minimum Gasteiger partial charge on any atom is -0.406 e. The van der Waals surface area contributed by atoms with Gasteiger partial charge in [-0.05, 0) is 64.8 Å². The number of nitrogens with zero attached hydrogens (tertiary/aromatic N) is 2. The van der Waals surface area contributed by atoms with Crippen molar-refractivity contribution < 1.29 is 9.53 Å². The topological polar surface area (TPSA) is 44.1 Å². The highest BCUT2D eigenvalue weighted by molar-refractivity contribution is 7.99. The van der Waals surface area contributed by atoms with E-state index in [0.29, 0.717) is 10.9 Å². The van der Waals surface area contributed by atoms with Crippen LogP contribution in [0.15, 0.2) is 34.1 Å². The summed E-state index contributed by atoms with van der Waals surface area (Å²) in [7, 11) is 0. The highest BCUT2D eigenvalue weighted by Gasteiger charge is 2.31. The maximum absolute atomic E-state index is 12.7. The fraction of sp³-hybridized carbons (Fsp3) is 0.500. The predicted molar refractivity (Wildman–Crippen MR) is 105 cm³/mol. The molecule has 3 rings (SSSR count). The molecule has 0 spiro atoms. The van der Waals surface area contributed by atoms with Crippen molar-refractivity contribution in [2.45, 2.75) is 68.7 Å². The summed E-state index contributed by atoms with van der Waals surface area (Å²) < 4.78 is 7.75. The second-order valence-corrected chi connectivity index (χ2v) is 9.28. The molecule has 0 saturated heterocycles. The van der Waals surface area contributed by atoms with Crippen LogP contribution in [0, 0.1) is 12.8 Å². The molecular formula is C20H25ClN2O2S. The zero-order valence-electron chi connectivity index (χ0n) is 15.7. The van der Waals surface area contributed by atoms with Gasteiger partial charge in [-0.2, -0.15) is 5.10 Å². The summed E-state index contributed by atoms with van der Waals surface area (Å²) in [5.41, 5.74) is 0.573. The van der Waals surface area contributed by atoms with E-state index in [-0.39, 0.29) is 17.4 Å². The highest BCUT2D eigenvalue weighted by Crippen LogP contribution is 2.41. The SMILES string of the molecule is Cc1nn(C(C)(C)C)c(OC(=O)C2CCCC2)c1Sc1ccc(Cl)cc1. The lowest BCUT2D eigenvalue weighted by Crippen LogP contribution is -2.27.